The zero-order valence-corrected chi connectivity index (χ0v) is 12.4. The van der Waals surface area contributed by atoms with Gasteiger partial charge >= 0.3 is 0 Å². The molecule has 0 bridgehead atoms. The smallest absolute Gasteiger partial charge is 0.238 e. The van der Waals surface area contributed by atoms with E-state index in [4.69, 9.17) is 11.6 Å². The Morgan fingerprint density at radius 1 is 1.43 bits per heavy atom. The lowest BCUT2D eigenvalue weighted by atomic mass is 10.2. The highest BCUT2D eigenvalue weighted by molar-refractivity contribution is 7.91. The molecule has 112 valence electrons. The average Bonchev–Trinajstić information content (AvgIpc) is 3.15. The molecule has 0 radical (unpaired) electrons. The minimum absolute atomic E-state index is 0.0416. The lowest BCUT2D eigenvalue weighted by Gasteiger charge is -2.09. The van der Waals surface area contributed by atoms with E-state index in [1.807, 2.05) is 0 Å². The average molecular weight is 331 g/mol. The summed E-state index contributed by atoms with van der Waals surface area (Å²) in [5.41, 5.74) is 0.315. The molecule has 0 amide bonds. The van der Waals surface area contributed by atoms with Crippen LogP contribution in [-0.2, 0) is 15.8 Å². The lowest BCUT2D eigenvalue weighted by molar-refractivity contribution is 0.594. The van der Waals surface area contributed by atoms with Crippen LogP contribution in [0.15, 0.2) is 24.4 Å². The first-order chi connectivity index (χ1) is 9.94. The number of sulfonamides is 1. The number of hydrogen-bond donors (Lipinski definition) is 1. The van der Waals surface area contributed by atoms with E-state index >= 15 is 0 Å². The van der Waals surface area contributed by atoms with E-state index in [1.54, 1.807) is 4.68 Å². The summed E-state index contributed by atoms with van der Waals surface area (Å²) in [7, 11) is -3.68. The van der Waals surface area contributed by atoms with Gasteiger partial charge in [-0.1, -0.05) is 22.9 Å². The van der Waals surface area contributed by atoms with Gasteiger partial charge in [0.1, 0.15) is 5.82 Å². The maximum atomic E-state index is 13.3. The molecular formula is C12H12ClFN4O2S. The van der Waals surface area contributed by atoms with E-state index in [0.717, 1.165) is 18.9 Å². The van der Waals surface area contributed by atoms with E-state index in [-0.39, 0.29) is 16.8 Å². The fraction of sp³-hybridized carbons (Fsp3) is 0.333. The van der Waals surface area contributed by atoms with Crippen molar-refractivity contribution in [2.24, 2.45) is 0 Å². The second-order valence-electron chi connectivity index (χ2n) is 4.90. The van der Waals surface area contributed by atoms with E-state index in [0.29, 0.717) is 11.4 Å². The third kappa shape index (κ3) is 3.33. The molecule has 1 aromatic carbocycles. The maximum Gasteiger partial charge on any atom is 0.238 e. The van der Waals surface area contributed by atoms with Gasteiger partial charge in [-0.25, -0.2) is 17.5 Å². The molecule has 2 aromatic rings. The van der Waals surface area contributed by atoms with Crippen LogP contribution >= 0.6 is 11.6 Å². The monoisotopic (exact) mass is 330 g/mol. The Kier molecular flexibility index (Phi) is 3.58. The minimum Gasteiger partial charge on any atom is -0.266 e. The highest BCUT2D eigenvalue weighted by Gasteiger charge is 2.28. The fourth-order valence-electron chi connectivity index (χ4n) is 1.95. The number of nitrogens with zero attached hydrogens (tertiary/aromatic N) is 3. The number of nitrogens with one attached hydrogen (secondary N) is 1. The van der Waals surface area contributed by atoms with Crippen LogP contribution in [0.4, 0.5) is 10.2 Å². The van der Waals surface area contributed by atoms with Crippen LogP contribution in [0, 0.1) is 5.82 Å². The first-order valence-corrected chi connectivity index (χ1v) is 8.32. The summed E-state index contributed by atoms with van der Waals surface area (Å²) >= 11 is 5.57. The quantitative estimate of drug-likeness (QED) is 0.913. The first kappa shape index (κ1) is 14.3. The van der Waals surface area contributed by atoms with Crippen LogP contribution in [0.25, 0.3) is 0 Å². The number of hydrogen-bond acceptors (Lipinski definition) is 4. The molecule has 1 aromatic heterocycles. The number of aromatic nitrogens is 3. The Morgan fingerprint density at radius 2 is 2.19 bits per heavy atom. The summed E-state index contributed by atoms with van der Waals surface area (Å²) in [5, 5.41) is 7.52. The van der Waals surface area contributed by atoms with Crippen LogP contribution in [0.2, 0.25) is 5.02 Å². The highest BCUT2D eigenvalue weighted by atomic mass is 35.5. The van der Waals surface area contributed by atoms with Crippen molar-refractivity contribution in [1.82, 2.24) is 15.0 Å². The molecule has 0 saturated heterocycles. The van der Waals surface area contributed by atoms with Crippen molar-refractivity contribution in [3.05, 3.63) is 40.8 Å². The van der Waals surface area contributed by atoms with Gasteiger partial charge in [-0.05, 0) is 30.5 Å². The summed E-state index contributed by atoms with van der Waals surface area (Å²) in [6, 6.07) is 4.12. The first-order valence-electron chi connectivity index (χ1n) is 6.29. The van der Waals surface area contributed by atoms with E-state index < -0.39 is 15.8 Å². The highest BCUT2D eigenvalue weighted by Crippen LogP contribution is 2.36. The van der Waals surface area contributed by atoms with Gasteiger partial charge in [0.15, 0.2) is 5.82 Å². The second-order valence-corrected chi connectivity index (χ2v) is 7.03. The van der Waals surface area contributed by atoms with Crippen LogP contribution in [0.1, 0.15) is 24.4 Å². The minimum atomic E-state index is -3.68. The Labute approximate surface area is 126 Å². The van der Waals surface area contributed by atoms with Gasteiger partial charge in [0.2, 0.25) is 10.0 Å². The normalized spacial score (nSPS) is 15.1. The van der Waals surface area contributed by atoms with Crippen molar-refractivity contribution in [2.75, 3.05) is 4.72 Å². The summed E-state index contributed by atoms with van der Waals surface area (Å²) in [4.78, 5) is 0. The van der Waals surface area contributed by atoms with Gasteiger partial charge in [-0.2, -0.15) is 0 Å². The third-order valence-corrected chi connectivity index (χ3v) is 4.61. The van der Waals surface area contributed by atoms with E-state index in [2.05, 4.69) is 15.0 Å². The molecular weight excluding hydrogens is 319 g/mol. The van der Waals surface area contributed by atoms with E-state index in [9.17, 15) is 12.8 Å². The van der Waals surface area contributed by atoms with Crippen LogP contribution in [0.5, 0.6) is 0 Å². The maximum absolute atomic E-state index is 13.3. The Morgan fingerprint density at radius 3 is 2.86 bits per heavy atom. The Bertz CT molecular complexity index is 773. The fourth-order valence-corrected chi connectivity index (χ4v) is 3.22. The topological polar surface area (TPSA) is 76.9 Å². The number of rotatable bonds is 5. The van der Waals surface area contributed by atoms with Crippen LogP contribution in [0.3, 0.4) is 0 Å². The number of halogens is 2. The van der Waals surface area contributed by atoms with Crippen molar-refractivity contribution in [3.8, 4) is 0 Å². The second kappa shape index (κ2) is 5.27. The van der Waals surface area contributed by atoms with Gasteiger partial charge in [0.25, 0.3) is 0 Å². The molecule has 1 aliphatic carbocycles. The predicted molar refractivity (Wildman–Crippen MR) is 75.9 cm³/mol. The molecule has 0 aliphatic heterocycles. The molecule has 1 aliphatic rings. The van der Waals surface area contributed by atoms with Crippen molar-refractivity contribution in [2.45, 2.75) is 24.6 Å². The van der Waals surface area contributed by atoms with Crippen LogP contribution < -0.4 is 4.72 Å². The van der Waals surface area contributed by atoms with E-state index in [1.165, 1.54) is 18.3 Å². The zero-order chi connectivity index (χ0) is 15.0. The van der Waals surface area contributed by atoms with Crippen LogP contribution in [-0.4, -0.2) is 23.4 Å². The lowest BCUT2D eigenvalue weighted by Crippen LogP contribution is -2.18. The SMILES string of the molecule is O=S(=O)(Cc1ccc(Cl)c(F)c1)Nc1cnnn1C1CC1. The van der Waals surface area contributed by atoms with Crippen molar-refractivity contribution in [3.63, 3.8) is 0 Å². The molecule has 1 saturated carbocycles. The number of benzene rings is 1. The third-order valence-electron chi connectivity index (χ3n) is 3.07. The molecule has 9 heteroatoms. The molecule has 1 heterocycles. The van der Waals surface area contributed by atoms with Gasteiger partial charge in [0.05, 0.1) is 23.0 Å². The van der Waals surface area contributed by atoms with Crippen molar-refractivity contribution < 1.29 is 12.8 Å². The summed E-state index contributed by atoms with van der Waals surface area (Å²) in [6.07, 6.45) is 3.28. The molecule has 21 heavy (non-hydrogen) atoms. The summed E-state index contributed by atoms with van der Waals surface area (Å²) < 4.78 is 41.6. The van der Waals surface area contributed by atoms with Crippen molar-refractivity contribution >= 4 is 27.4 Å². The van der Waals surface area contributed by atoms with Gasteiger partial charge < -0.3 is 0 Å². The Hall–Kier alpha value is -1.67. The molecule has 1 fully saturated rings. The van der Waals surface area contributed by atoms with Gasteiger partial charge in [0, 0.05) is 0 Å². The van der Waals surface area contributed by atoms with Gasteiger partial charge in [-0.3, -0.25) is 4.72 Å². The molecule has 1 N–H and O–H groups in total. The molecule has 0 unspecified atom stereocenters. The zero-order valence-electron chi connectivity index (χ0n) is 10.8. The molecule has 6 nitrogen and oxygen atoms in total. The molecule has 0 atom stereocenters. The predicted octanol–water partition coefficient (Wildman–Crippen LogP) is 2.35. The largest absolute Gasteiger partial charge is 0.266 e. The van der Waals surface area contributed by atoms with Gasteiger partial charge in [-0.15, -0.1) is 5.10 Å². The molecule has 3 rings (SSSR count). The molecule has 0 spiro atoms. The Balaban J connectivity index is 1.77. The number of anilines is 1. The summed E-state index contributed by atoms with van der Waals surface area (Å²) in [5.74, 6) is -0.669. The van der Waals surface area contributed by atoms with Crippen molar-refractivity contribution in [1.29, 1.82) is 0 Å². The standard InChI is InChI=1S/C12H12ClFN4O2S/c13-10-4-1-8(5-11(10)14)7-21(19,20)16-12-6-15-17-18(12)9-2-3-9/h1,4-6,9,16H,2-3,7H2. The summed E-state index contributed by atoms with van der Waals surface area (Å²) in [6.45, 7) is 0.